The quantitative estimate of drug-likeness (QED) is 0.339. The molecular formula is C22H32N2O5. The Morgan fingerprint density at radius 3 is 2.55 bits per heavy atom. The van der Waals surface area contributed by atoms with Gasteiger partial charge in [-0.25, -0.2) is 4.79 Å². The first-order valence-corrected chi connectivity index (χ1v) is 10.6. The zero-order valence-electron chi connectivity index (χ0n) is 17.0. The monoisotopic (exact) mass is 404 g/mol. The summed E-state index contributed by atoms with van der Waals surface area (Å²) in [5.74, 6) is -1.06. The number of nitrogens with zero attached hydrogens (tertiary/aromatic N) is 2. The summed E-state index contributed by atoms with van der Waals surface area (Å²) in [5, 5.41) is 8.91. The number of aryl methyl sites for hydroxylation is 1. The molecule has 3 rings (SSSR count). The van der Waals surface area contributed by atoms with Crippen molar-refractivity contribution in [2.45, 2.75) is 76.4 Å². The van der Waals surface area contributed by atoms with Gasteiger partial charge in [-0.3, -0.25) is 14.6 Å². The molecule has 1 aromatic heterocycles. The van der Waals surface area contributed by atoms with Crippen LogP contribution < -0.4 is 0 Å². The first kappa shape index (κ1) is 23.0. The van der Waals surface area contributed by atoms with Crippen molar-refractivity contribution in [3.8, 4) is 0 Å². The van der Waals surface area contributed by atoms with Crippen LogP contribution in [0.3, 0.4) is 0 Å². The average molecular weight is 405 g/mol. The van der Waals surface area contributed by atoms with Gasteiger partial charge in [-0.2, -0.15) is 0 Å². The van der Waals surface area contributed by atoms with Gasteiger partial charge in [0.2, 0.25) is 6.29 Å². The number of esters is 1. The minimum atomic E-state index is -0.642. The fraction of sp³-hybridized carbons (Fsp3) is 0.636. The molecule has 1 amide bonds. The van der Waals surface area contributed by atoms with E-state index < -0.39 is 17.9 Å². The number of rotatable bonds is 6. The van der Waals surface area contributed by atoms with E-state index >= 15 is 0 Å². The normalized spacial score (nSPS) is 19.6. The van der Waals surface area contributed by atoms with Crippen molar-refractivity contribution < 1.29 is 24.2 Å². The Morgan fingerprint density at radius 1 is 1.17 bits per heavy atom. The number of likely N-dealkylation sites (tertiary alicyclic amines) is 1. The van der Waals surface area contributed by atoms with Gasteiger partial charge in [0.05, 0.1) is 12.7 Å². The average Bonchev–Trinajstić information content (AvgIpc) is 2.77. The molecule has 7 heteroatoms. The standard InChI is InChI=1S/C16H20N2O4.C6H12O/c19-12-15(20)18-9-2-1-7-14(18)16(21)22-10-4-6-13-5-3-8-17-11-13;7-6-4-2-1-3-5-6/h3,5,8,11-12,14H,1-2,4,6-7,9-10H2;6-7H,1-5H2. The van der Waals surface area contributed by atoms with Gasteiger partial charge >= 0.3 is 5.97 Å². The van der Waals surface area contributed by atoms with Gasteiger partial charge in [-0.1, -0.05) is 25.3 Å². The highest BCUT2D eigenvalue weighted by molar-refractivity contribution is 6.24. The maximum Gasteiger partial charge on any atom is 0.328 e. The van der Waals surface area contributed by atoms with Gasteiger partial charge < -0.3 is 14.7 Å². The Hall–Kier alpha value is -2.28. The Kier molecular flexibility index (Phi) is 10.3. The summed E-state index contributed by atoms with van der Waals surface area (Å²) in [7, 11) is 0. The SMILES string of the molecule is O=CC(=O)N1CCCCC1C(=O)OCCCc1cccnc1.OC1CCCCC1. The van der Waals surface area contributed by atoms with Crippen molar-refractivity contribution in [1.82, 2.24) is 9.88 Å². The third kappa shape index (κ3) is 8.31. The Morgan fingerprint density at radius 2 is 1.93 bits per heavy atom. The molecule has 7 nitrogen and oxygen atoms in total. The summed E-state index contributed by atoms with van der Waals surface area (Å²) in [6.45, 7) is 0.736. The Bertz CT molecular complexity index is 631. The lowest BCUT2D eigenvalue weighted by atomic mass is 9.98. The van der Waals surface area contributed by atoms with Gasteiger partial charge in [0.1, 0.15) is 6.04 Å². The second-order valence-electron chi connectivity index (χ2n) is 7.59. The van der Waals surface area contributed by atoms with Crippen molar-refractivity contribution in [2.75, 3.05) is 13.2 Å². The Balaban J connectivity index is 0.000000360. The molecule has 0 bridgehead atoms. The second-order valence-corrected chi connectivity index (χ2v) is 7.59. The largest absolute Gasteiger partial charge is 0.464 e. The number of hydrogen-bond donors (Lipinski definition) is 1. The first-order valence-electron chi connectivity index (χ1n) is 10.6. The molecule has 2 aliphatic rings. The molecule has 0 spiro atoms. The smallest absolute Gasteiger partial charge is 0.328 e. The number of aromatic nitrogens is 1. The summed E-state index contributed by atoms with van der Waals surface area (Å²) in [6, 6.07) is 3.22. The molecule has 29 heavy (non-hydrogen) atoms. The van der Waals surface area contributed by atoms with Crippen LogP contribution in [0.1, 0.15) is 63.4 Å². The summed E-state index contributed by atoms with van der Waals surface area (Å²) in [6.07, 6.45) is 13.4. The van der Waals surface area contributed by atoms with Crippen LogP contribution in [0.4, 0.5) is 0 Å². The molecule has 0 aromatic carbocycles. The van der Waals surface area contributed by atoms with Crippen LogP contribution in [0.15, 0.2) is 24.5 Å². The van der Waals surface area contributed by atoms with Gasteiger partial charge in [-0.05, 0) is 56.6 Å². The first-order chi connectivity index (χ1) is 14.1. The van der Waals surface area contributed by atoms with Crippen LogP contribution in [-0.4, -0.2) is 58.5 Å². The fourth-order valence-corrected chi connectivity index (χ4v) is 3.68. The molecule has 1 atom stereocenters. The highest BCUT2D eigenvalue weighted by Gasteiger charge is 2.32. The zero-order chi connectivity index (χ0) is 20.9. The molecule has 1 aliphatic heterocycles. The summed E-state index contributed by atoms with van der Waals surface area (Å²) >= 11 is 0. The number of aldehydes is 1. The van der Waals surface area contributed by atoms with E-state index in [9.17, 15) is 14.4 Å². The van der Waals surface area contributed by atoms with Crippen LogP contribution >= 0.6 is 0 Å². The maximum absolute atomic E-state index is 12.1. The van der Waals surface area contributed by atoms with E-state index in [1.807, 2.05) is 12.1 Å². The molecular weight excluding hydrogens is 372 g/mol. The number of amides is 1. The molecule has 2 fully saturated rings. The van der Waals surface area contributed by atoms with E-state index in [-0.39, 0.29) is 12.4 Å². The van der Waals surface area contributed by atoms with Crippen molar-refractivity contribution >= 4 is 18.2 Å². The fourth-order valence-electron chi connectivity index (χ4n) is 3.68. The molecule has 1 saturated heterocycles. The lowest BCUT2D eigenvalue weighted by Crippen LogP contribution is -2.49. The lowest BCUT2D eigenvalue weighted by molar-refractivity contribution is -0.157. The van der Waals surface area contributed by atoms with Gasteiger partial charge in [0.15, 0.2) is 0 Å². The second kappa shape index (κ2) is 13.0. The molecule has 160 valence electrons. The van der Waals surface area contributed by atoms with Crippen molar-refractivity contribution in [1.29, 1.82) is 0 Å². The maximum atomic E-state index is 12.1. The molecule has 2 heterocycles. The third-order valence-electron chi connectivity index (χ3n) is 5.31. The predicted octanol–water partition coefficient (Wildman–Crippen LogP) is 2.45. The summed E-state index contributed by atoms with van der Waals surface area (Å²) in [5.41, 5.74) is 1.09. The van der Waals surface area contributed by atoms with Crippen LogP contribution in [0, 0.1) is 0 Å². The summed E-state index contributed by atoms with van der Waals surface area (Å²) < 4.78 is 5.26. The van der Waals surface area contributed by atoms with E-state index in [4.69, 9.17) is 9.84 Å². The van der Waals surface area contributed by atoms with E-state index in [2.05, 4.69) is 4.98 Å². The van der Waals surface area contributed by atoms with Crippen molar-refractivity contribution in [3.63, 3.8) is 0 Å². The number of piperidine rings is 1. The lowest BCUT2D eigenvalue weighted by Gasteiger charge is -2.32. The summed E-state index contributed by atoms with van der Waals surface area (Å²) in [4.78, 5) is 39.6. The number of ether oxygens (including phenoxy) is 1. The van der Waals surface area contributed by atoms with Gasteiger partial charge in [-0.15, -0.1) is 0 Å². The molecule has 1 aliphatic carbocycles. The number of carbonyl (C=O) groups is 3. The number of pyridine rings is 1. The molecule has 1 saturated carbocycles. The van der Waals surface area contributed by atoms with Crippen LogP contribution in [0.2, 0.25) is 0 Å². The minimum absolute atomic E-state index is 0.0359. The third-order valence-corrected chi connectivity index (χ3v) is 5.31. The predicted molar refractivity (Wildman–Crippen MR) is 108 cm³/mol. The Labute approximate surface area is 172 Å². The van der Waals surface area contributed by atoms with Gasteiger partial charge in [0.25, 0.3) is 5.91 Å². The molecule has 1 aromatic rings. The highest BCUT2D eigenvalue weighted by Crippen LogP contribution is 2.18. The van der Waals surface area contributed by atoms with Crippen molar-refractivity contribution in [3.05, 3.63) is 30.1 Å². The van der Waals surface area contributed by atoms with E-state index in [1.165, 1.54) is 24.2 Å². The number of aliphatic hydroxyl groups excluding tert-OH is 1. The topological polar surface area (TPSA) is 96.8 Å². The molecule has 1 unspecified atom stereocenters. The molecule has 1 N–H and O–H groups in total. The minimum Gasteiger partial charge on any atom is -0.464 e. The number of carbonyl (C=O) groups excluding carboxylic acids is 3. The van der Waals surface area contributed by atoms with Crippen molar-refractivity contribution in [2.24, 2.45) is 0 Å². The number of aliphatic hydroxyl groups is 1. The van der Waals surface area contributed by atoms with E-state index in [1.54, 1.807) is 12.4 Å². The van der Waals surface area contributed by atoms with E-state index in [0.29, 0.717) is 26.0 Å². The zero-order valence-corrected chi connectivity index (χ0v) is 17.0. The highest BCUT2D eigenvalue weighted by atomic mass is 16.5. The van der Waals surface area contributed by atoms with Crippen LogP contribution in [0.5, 0.6) is 0 Å². The van der Waals surface area contributed by atoms with Crippen LogP contribution in [0.25, 0.3) is 0 Å². The van der Waals surface area contributed by atoms with Crippen LogP contribution in [-0.2, 0) is 25.5 Å². The number of hydrogen-bond acceptors (Lipinski definition) is 6. The molecule has 0 radical (unpaired) electrons. The van der Waals surface area contributed by atoms with E-state index in [0.717, 1.165) is 37.7 Å². The van der Waals surface area contributed by atoms with Gasteiger partial charge in [0, 0.05) is 18.9 Å².